The van der Waals surface area contributed by atoms with Crippen molar-refractivity contribution in [3.63, 3.8) is 0 Å². The van der Waals surface area contributed by atoms with Crippen LogP contribution in [0.25, 0.3) is 0 Å². The average Bonchev–Trinajstić information content (AvgIpc) is 1.88. The molecule has 1 nitrogen and oxygen atoms in total. The Kier molecular flexibility index (Phi) is 1.74. The van der Waals surface area contributed by atoms with E-state index in [-0.39, 0.29) is 6.92 Å². The van der Waals surface area contributed by atoms with Crippen LogP contribution in [0, 0.1) is 0 Å². The van der Waals surface area contributed by atoms with Crippen LogP contribution in [-0.2, 0) is 0 Å². The summed E-state index contributed by atoms with van der Waals surface area (Å²) in [5, 5.41) is 8.61. The van der Waals surface area contributed by atoms with Crippen molar-refractivity contribution < 1.29 is 31.4 Å². The molecule has 0 aromatic carbocycles. The zero-order valence-electron chi connectivity index (χ0n) is 6.42. The molecular weight excluding hydrogens is 202 g/mol. The van der Waals surface area contributed by atoms with Crippen LogP contribution in [0.4, 0.5) is 26.3 Å². The molecule has 0 amide bonds. The fraction of sp³-hybridized carbons (Fsp3) is 1.00. The fourth-order valence-electron chi connectivity index (χ4n) is 1.15. The van der Waals surface area contributed by atoms with E-state index in [0.29, 0.717) is 0 Å². The summed E-state index contributed by atoms with van der Waals surface area (Å²) in [6.45, 7) is 0.00785. The summed E-state index contributed by atoms with van der Waals surface area (Å²) in [4.78, 5) is 0. The molecule has 1 aliphatic rings. The second-order valence-corrected chi connectivity index (χ2v) is 3.23. The average molecular weight is 208 g/mol. The first-order valence-corrected chi connectivity index (χ1v) is 3.31. The highest BCUT2D eigenvalue weighted by Gasteiger charge is 2.83. The van der Waals surface area contributed by atoms with Crippen molar-refractivity contribution in [1.82, 2.24) is 0 Å². The Morgan fingerprint density at radius 1 is 0.923 bits per heavy atom. The van der Waals surface area contributed by atoms with E-state index in [1.165, 1.54) is 0 Å². The number of hydrogen-bond donors (Lipinski definition) is 1. The van der Waals surface area contributed by atoms with Crippen LogP contribution in [0.2, 0.25) is 0 Å². The number of hydrogen-bond acceptors (Lipinski definition) is 1. The molecule has 0 spiro atoms. The van der Waals surface area contributed by atoms with Gasteiger partial charge >= 0.3 is 11.8 Å². The molecule has 1 N–H and O–H groups in total. The first-order valence-electron chi connectivity index (χ1n) is 3.31. The van der Waals surface area contributed by atoms with E-state index >= 15 is 0 Å². The minimum Gasteiger partial charge on any atom is -0.378 e. The lowest BCUT2D eigenvalue weighted by Gasteiger charge is -2.30. The Morgan fingerprint density at radius 2 is 1.31 bits per heavy atom. The molecule has 1 saturated carbocycles. The van der Waals surface area contributed by atoms with E-state index in [1.54, 1.807) is 0 Å². The van der Waals surface area contributed by atoms with Gasteiger partial charge in [0.15, 0.2) is 5.60 Å². The van der Waals surface area contributed by atoms with Crippen molar-refractivity contribution in [2.75, 3.05) is 0 Å². The first kappa shape index (κ1) is 10.6. The topological polar surface area (TPSA) is 20.2 Å². The highest BCUT2D eigenvalue weighted by molar-refractivity contribution is 5.15. The van der Waals surface area contributed by atoms with Gasteiger partial charge in [-0.25, -0.2) is 8.78 Å². The maximum atomic E-state index is 12.5. The summed E-state index contributed by atoms with van der Waals surface area (Å²) >= 11 is 0. The number of alkyl halides is 6. The summed E-state index contributed by atoms with van der Waals surface area (Å²) in [5.41, 5.74) is -4.00. The molecular formula is C6H6F6O. The lowest BCUT2D eigenvalue weighted by Crippen LogP contribution is -2.55. The van der Waals surface area contributed by atoms with Gasteiger partial charge in [0, 0.05) is 0 Å². The molecule has 0 aromatic rings. The molecule has 78 valence electrons. The second-order valence-electron chi connectivity index (χ2n) is 3.23. The minimum atomic E-state index is -5.11. The summed E-state index contributed by atoms with van der Waals surface area (Å²) in [7, 11) is 0. The van der Waals surface area contributed by atoms with Crippen LogP contribution in [0.1, 0.15) is 13.3 Å². The number of rotatable bonds is 0. The summed E-state index contributed by atoms with van der Waals surface area (Å²) < 4.78 is 74.7. The molecule has 1 rings (SSSR count). The minimum absolute atomic E-state index is 0.00785. The predicted octanol–water partition coefficient (Wildman–Crippen LogP) is 2.05. The molecule has 0 aromatic heterocycles. The van der Waals surface area contributed by atoms with Gasteiger partial charge in [0.05, 0.1) is 6.42 Å². The van der Waals surface area contributed by atoms with Crippen molar-refractivity contribution in [3.8, 4) is 0 Å². The maximum Gasteiger partial charge on any atom is 0.343 e. The lowest BCUT2D eigenvalue weighted by molar-refractivity contribution is -0.273. The predicted molar refractivity (Wildman–Crippen MR) is 30.1 cm³/mol. The van der Waals surface area contributed by atoms with E-state index in [9.17, 15) is 26.3 Å². The van der Waals surface area contributed by atoms with Crippen LogP contribution in [0.15, 0.2) is 0 Å². The molecule has 0 saturated heterocycles. The Morgan fingerprint density at radius 3 is 1.38 bits per heavy atom. The highest BCUT2D eigenvalue weighted by atomic mass is 19.3. The molecule has 1 atom stereocenters. The first-order chi connectivity index (χ1) is 5.46. The third-order valence-corrected chi connectivity index (χ3v) is 2.23. The molecule has 1 aliphatic carbocycles. The largest absolute Gasteiger partial charge is 0.378 e. The fourth-order valence-corrected chi connectivity index (χ4v) is 1.15. The van der Waals surface area contributed by atoms with Crippen molar-refractivity contribution in [3.05, 3.63) is 0 Å². The van der Waals surface area contributed by atoms with E-state index in [2.05, 4.69) is 0 Å². The van der Waals surface area contributed by atoms with Crippen molar-refractivity contribution in [2.45, 2.75) is 36.7 Å². The summed E-state index contributed by atoms with van der Waals surface area (Å²) in [5.74, 6) is -14.5. The second kappa shape index (κ2) is 2.13. The molecule has 0 aliphatic heterocycles. The van der Waals surface area contributed by atoms with Gasteiger partial charge < -0.3 is 5.11 Å². The zero-order valence-corrected chi connectivity index (χ0v) is 6.42. The normalized spacial score (nSPS) is 40.6. The highest BCUT2D eigenvalue weighted by Crippen LogP contribution is 2.60. The Hall–Kier alpha value is -0.460. The summed E-state index contributed by atoms with van der Waals surface area (Å²) in [6, 6.07) is 0. The Balaban J connectivity index is 3.24. The smallest absolute Gasteiger partial charge is 0.343 e. The van der Waals surface area contributed by atoms with Gasteiger partial charge in [-0.15, -0.1) is 0 Å². The Bertz CT molecular complexity index is 209. The quantitative estimate of drug-likeness (QED) is 0.604. The van der Waals surface area contributed by atoms with Crippen molar-refractivity contribution in [2.24, 2.45) is 0 Å². The SMILES string of the molecule is CC1(O)C(F)(F)CC(F)(F)C1(F)F. The van der Waals surface area contributed by atoms with Crippen LogP contribution in [-0.4, -0.2) is 28.5 Å². The third kappa shape index (κ3) is 0.992. The molecule has 0 heterocycles. The van der Waals surface area contributed by atoms with Crippen LogP contribution < -0.4 is 0 Å². The zero-order chi connectivity index (χ0) is 10.7. The number of aliphatic hydroxyl groups is 1. The van der Waals surface area contributed by atoms with Gasteiger partial charge in [0.2, 0.25) is 0 Å². The third-order valence-electron chi connectivity index (χ3n) is 2.23. The van der Waals surface area contributed by atoms with E-state index in [1.807, 2.05) is 0 Å². The maximum absolute atomic E-state index is 12.5. The monoisotopic (exact) mass is 208 g/mol. The lowest BCUT2D eigenvalue weighted by atomic mass is 9.98. The molecule has 1 fully saturated rings. The standard InChI is InChI=1S/C6H6F6O/c1-3(13)4(7,8)2-5(9,10)6(3,11)12/h13H,2H2,1H3. The molecule has 13 heavy (non-hydrogen) atoms. The van der Waals surface area contributed by atoms with Crippen molar-refractivity contribution in [1.29, 1.82) is 0 Å². The molecule has 1 unspecified atom stereocenters. The van der Waals surface area contributed by atoms with Crippen LogP contribution in [0.3, 0.4) is 0 Å². The van der Waals surface area contributed by atoms with Gasteiger partial charge in [-0.3, -0.25) is 0 Å². The molecule has 0 radical (unpaired) electrons. The summed E-state index contributed by atoms with van der Waals surface area (Å²) in [6.07, 6.45) is -2.33. The van der Waals surface area contributed by atoms with E-state index in [4.69, 9.17) is 5.11 Å². The van der Waals surface area contributed by atoms with Gasteiger partial charge in [0.1, 0.15) is 0 Å². The number of halogens is 6. The van der Waals surface area contributed by atoms with Gasteiger partial charge in [-0.2, -0.15) is 17.6 Å². The Labute approximate surface area is 69.3 Å². The van der Waals surface area contributed by atoms with Crippen LogP contribution >= 0.6 is 0 Å². The van der Waals surface area contributed by atoms with E-state index < -0.39 is 29.8 Å². The molecule has 7 heteroatoms. The van der Waals surface area contributed by atoms with Gasteiger partial charge in [-0.05, 0) is 6.92 Å². The van der Waals surface area contributed by atoms with E-state index in [0.717, 1.165) is 0 Å². The van der Waals surface area contributed by atoms with Crippen LogP contribution in [0.5, 0.6) is 0 Å². The van der Waals surface area contributed by atoms with Crippen molar-refractivity contribution >= 4 is 0 Å². The molecule has 0 bridgehead atoms. The van der Waals surface area contributed by atoms with Gasteiger partial charge in [0.25, 0.3) is 5.92 Å². The van der Waals surface area contributed by atoms with Gasteiger partial charge in [-0.1, -0.05) is 0 Å².